The van der Waals surface area contributed by atoms with Gasteiger partial charge in [-0.1, -0.05) is 0 Å². The molecule has 0 saturated carbocycles. The smallest absolute Gasteiger partial charge is 0.367 e. The van der Waals surface area contributed by atoms with Gasteiger partial charge in [0.05, 0.1) is 6.61 Å². The Bertz CT molecular complexity index is 378. The molecular weight excluding hydrogens is 230 g/mol. The lowest BCUT2D eigenvalue weighted by molar-refractivity contribution is 0.0526. The maximum atomic E-state index is 11.3. The molecule has 0 aliphatic rings. The number of hydrogen-bond donors (Lipinski definition) is 2. The molecule has 0 radical (unpaired) electrons. The normalized spacial score (nSPS) is 9.62. The molecule has 0 aliphatic carbocycles. The van der Waals surface area contributed by atoms with Crippen LogP contribution in [0.3, 0.4) is 0 Å². The van der Waals surface area contributed by atoms with Crippen molar-refractivity contribution in [1.82, 2.24) is 10.3 Å². The Hall–Kier alpha value is -1.63. The summed E-state index contributed by atoms with van der Waals surface area (Å²) in [6, 6.07) is -0.344. The summed E-state index contributed by atoms with van der Waals surface area (Å²) in [6.07, 6.45) is 0. The molecule has 0 saturated heterocycles. The number of amides is 2. The molecule has 0 aliphatic heterocycles. The van der Waals surface area contributed by atoms with Gasteiger partial charge in [-0.25, -0.2) is 14.6 Å². The Labute approximate surface area is 97.0 Å². The van der Waals surface area contributed by atoms with E-state index in [1.54, 1.807) is 12.3 Å². The Morgan fingerprint density at radius 3 is 2.88 bits per heavy atom. The number of urea groups is 1. The number of nitrogens with zero attached hydrogens (tertiary/aromatic N) is 1. The van der Waals surface area contributed by atoms with Crippen molar-refractivity contribution in [1.29, 1.82) is 0 Å². The summed E-state index contributed by atoms with van der Waals surface area (Å²) in [5.74, 6) is -0.129. The molecular formula is C9H13N3O3S. The van der Waals surface area contributed by atoms with Crippen molar-refractivity contribution in [3.63, 3.8) is 0 Å². The monoisotopic (exact) mass is 243 g/mol. The Morgan fingerprint density at radius 1 is 1.50 bits per heavy atom. The Kier molecular flexibility index (Phi) is 4.71. The summed E-state index contributed by atoms with van der Waals surface area (Å²) in [4.78, 5) is 26.3. The number of anilines is 1. The first-order valence-corrected chi connectivity index (χ1v) is 5.72. The van der Waals surface area contributed by atoms with Gasteiger partial charge < -0.3 is 10.1 Å². The molecule has 0 bridgehead atoms. The zero-order chi connectivity index (χ0) is 12.0. The van der Waals surface area contributed by atoms with E-state index >= 15 is 0 Å². The van der Waals surface area contributed by atoms with Crippen LogP contribution < -0.4 is 10.6 Å². The van der Waals surface area contributed by atoms with Gasteiger partial charge in [-0.05, 0) is 13.8 Å². The maximum absolute atomic E-state index is 11.3. The number of hydrogen-bond acceptors (Lipinski definition) is 5. The molecule has 0 atom stereocenters. The first-order valence-electron chi connectivity index (χ1n) is 4.84. The van der Waals surface area contributed by atoms with Crippen molar-refractivity contribution in [3.05, 3.63) is 10.4 Å². The topological polar surface area (TPSA) is 80.3 Å². The highest BCUT2D eigenvalue weighted by molar-refractivity contribution is 7.12. The number of aromatic nitrogens is 1. The number of ether oxygens (including phenoxy) is 1. The van der Waals surface area contributed by atoms with Crippen LogP contribution in [0.5, 0.6) is 0 Å². The van der Waals surface area contributed by atoms with E-state index in [2.05, 4.69) is 15.6 Å². The summed E-state index contributed by atoms with van der Waals surface area (Å²) in [6.45, 7) is 4.36. The van der Waals surface area contributed by atoms with Crippen LogP contribution >= 0.6 is 11.3 Å². The molecule has 0 spiro atoms. The molecule has 1 heterocycles. The Balaban J connectivity index is 2.57. The molecule has 88 valence electrons. The van der Waals surface area contributed by atoms with Crippen LogP contribution in [0.15, 0.2) is 5.38 Å². The average Bonchev–Trinajstić information content (AvgIpc) is 2.67. The van der Waals surface area contributed by atoms with Crippen LogP contribution in [-0.2, 0) is 4.74 Å². The number of nitrogens with one attached hydrogen (secondary N) is 2. The van der Waals surface area contributed by atoms with Gasteiger partial charge in [0.15, 0.2) is 0 Å². The van der Waals surface area contributed by atoms with Crippen LogP contribution in [0.2, 0.25) is 0 Å². The van der Waals surface area contributed by atoms with Gasteiger partial charge in [0.2, 0.25) is 5.01 Å². The second kappa shape index (κ2) is 6.06. The third-order valence-corrected chi connectivity index (χ3v) is 2.36. The van der Waals surface area contributed by atoms with Gasteiger partial charge in [0, 0.05) is 11.9 Å². The fourth-order valence-corrected chi connectivity index (χ4v) is 1.58. The fraction of sp³-hybridized carbons (Fsp3) is 0.444. The van der Waals surface area contributed by atoms with Crippen molar-refractivity contribution < 1.29 is 14.3 Å². The first kappa shape index (κ1) is 12.4. The third-order valence-electron chi connectivity index (χ3n) is 1.53. The maximum Gasteiger partial charge on any atom is 0.367 e. The molecule has 1 rings (SSSR count). The van der Waals surface area contributed by atoms with E-state index in [4.69, 9.17) is 4.74 Å². The third kappa shape index (κ3) is 3.50. The van der Waals surface area contributed by atoms with Gasteiger partial charge in [-0.15, -0.1) is 11.3 Å². The number of esters is 1. The molecule has 0 aromatic carbocycles. The van der Waals surface area contributed by atoms with Crippen molar-refractivity contribution in [2.24, 2.45) is 0 Å². The minimum absolute atomic E-state index is 0.230. The minimum Gasteiger partial charge on any atom is -0.461 e. The predicted molar refractivity (Wildman–Crippen MR) is 60.8 cm³/mol. The van der Waals surface area contributed by atoms with Crippen LogP contribution in [0.4, 0.5) is 10.6 Å². The lowest BCUT2D eigenvalue weighted by Gasteiger charge is -2.01. The van der Waals surface area contributed by atoms with E-state index < -0.39 is 5.97 Å². The van der Waals surface area contributed by atoms with E-state index in [-0.39, 0.29) is 11.0 Å². The van der Waals surface area contributed by atoms with E-state index in [0.717, 1.165) is 11.3 Å². The van der Waals surface area contributed by atoms with Gasteiger partial charge in [-0.3, -0.25) is 5.32 Å². The highest BCUT2D eigenvalue weighted by Crippen LogP contribution is 2.14. The lowest BCUT2D eigenvalue weighted by Crippen LogP contribution is -2.28. The molecule has 6 nitrogen and oxygen atoms in total. The van der Waals surface area contributed by atoms with E-state index in [9.17, 15) is 9.59 Å². The second-order valence-electron chi connectivity index (χ2n) is 2.74. The lowest BCUT2D eigenvalue weighted by atomic mass is 10.6. The van der Waals surface area contributed by atoms with E-state index in [0.29, 0.717) is 19.0 Å². The molecule has 1 aromatic heterocycles. The van der Waals surface area contributed by atoms with Crippen LogP contribution in [0.25, 0.3) is 0 Å². The molecule has 1 aromatic rings. The standard InChI is InChI=1S/C9H13N3O3S/c1-3-10-9(14)12-6-5-16-7(11-6)8(13)15-4-2/h5H,3-4H2,1-2H3,(H2,10,12,14). The molecule has 2 N–H and O–H groups in total. The van der Waals surface area contributed by atoms with Gasteiger partial charge in [-0.2, -0.15) is 0 Å². The second-order valence-corrected chi connectivity index (χ2v) is 3.60. The van der Waals surface area contributed by atoms with Crippen LogP contribution in [0.1, 0.15) is 23.6 Å². The highest BCUT2D eigenvalue weighted by atomic mass is 32.1. The van der Waals surface area contributed by atoms with Gasteiger partial charge in [0.25, 0.3) is 0 Å². The SMILES string of the molecule is CCNC(=O)Nc1csc(C(=O)OCC)n1. The molecule has 0 unspecified atom stereocenters. The van der Waals surface area contributed by atoms with E-state index in [1.807, 2.05) is 6.92 Å². The summed E-state index contributed by atoms with van der Waals surface area (Å²) in [7, 11) is 0. The first-order chi connectivity index (χ1) is 7.67. The van der Waals surface area contributed by atoms with Crippen molar-refractivity contribution in [2.75, 3.05) is 18.5 Å². The number of rotatable bonds is 4. The van der Waals surface area contributed by atoms with Crippen molar-refractivity contribution >= 4 is 29.2 Å². The summed E-state index contributed by atoms with van der Waals surface area (Å²) >= 11 is 1.13. The molecule has 0 fully saturated rings. The number of thiazole rings is 1. The summed E-state index contributed by atoms with van der Waals surface area (Å²) < 4.78 is 4.77. The highest BCUT2D eigenvalue weighted by Gasteiger charge is 2.12. The largest absolute Gasteiger partial charge is 0.461 e. The molecule has 2 amide bonds. The Morgan fingerprint density at radius 2 is 2.25 bits per heavy atom. The fourth-order valence-electron chi connectivity index (χ4n) is 0.939. The van der Waals surface area contributed by atoms with Crippen molar-refractivity contribution in [2.45, 2.75) is 13.8 Å². The molecule has 7 heteroatoms. The zero-order valence-electron chi connectivity index (χ0n) is 9.07. The van der Waals surface area contributed by atoms with Crippen molar-refractivity contribution in [3.8, 4) is 0 Å². The quantitative estimate of drug-likeness (QED) is 0.784. The number of carbonyl (C=O) groups is 2. The predicted octanol–water partition coefficient (Wildman–Crippen LogP) is 1.46. The van der Waals surface area contributed by atoms with Crippen LogP contribution in [-0.4, -0.2) is 30.1 Å². The minimum atomic E-state index is -0.476. The van der Waals surface area contributed by atoms with Gasteiger partial charge >= 0.3 is 12.0 Å². The zero-order valence-corrected chi connectivity index (χ0v) is 9.89. The number of carbonyl (C=O) groups excluding carboxylic acids is 2. The van der Waals surface area contributed by atoms with Gasteiger partial charge in [0.1, 0.15) is 5.82 Å². The van der Waals surface area contributed by atoms with E-state index in [1.165, 1.54) is 0 Å². The van der Waals surface area contributed by atoms with Crippen LogP contribution in [0, 0.1) is 0 Å². The summed E-state index contributed by atoms with van der Waals surface area (Å²) in [5, 5.41) is 6.87. The molecule has 16 heavy (non-hydrogen) atoms. The summed E-state index contributed by atoms with van der Waals surface area (Å²) in [5.41, 5.74) is 0. The average molecular weight is 243 g/mol.